The van der Waals surface area contributed by atoms with Crippen molar-refractivity contribution in [3.05, 3.63) is 27.5 Å². The van der Waals surface area contributed by atoms with E-state index in [0.29, 0.717) is 29.2 Å². The Bertz CT molecular complexity index is 622. The molecule has 5 nitrogen and oxygen atoms in total. The molecule has 0 atom stereocenters. The van der Waals surface area contributed by atoms with Crippen molar-refractivity contribution in [1.29, 1.82) is 5.41 Å². The molecule has 0 aliphatic carbocycles. The Labute approximate surface area is 162 Å². The molecule has 1 aromatic rings. The molecule has 0 aliphatic rings. The van der Waals surface area contributed by atoms with Gasteiger partial charge >= 0.3 is 0 Å². The summed E-state index contributed by atoms with van der Waals surface area (Å²) in [6, 6.07) is 1.69. The van der Waals surface area contributed by atoms with Crippen molar-refractivity contribution >= 4 is 59.5 Å². The van der Waals surface area contributed by atoms with Gasteiger partial charge in [0.1, 0.15) is 12.4 Å². The van der Waals surface area contributed by atoms with Crippen molar-refractivity contribution < 1.29 is 4.74 Å². The molecule has 0 fully saturated rings. The average Bonchev–Trinajstić information content (AvgIpc) is 2.43. The minimum atomic E-state index is -1.53. The van der Waals surface area contributed by atoms with Gasteiger partial charge in [-0.25, -0.2) is 4.99 Å². The third kappa shape index (κ3) is 8.71. The number of ether oxygens (including phenoxy) is 1. The summed E-state index contributed by atoms with van der Waals surface area (Å²) in [5.74, 6) is 1.09. The molecule has 1 rings (SSSR count). The normalized spacial score (nSPS) is 14.1. The van der Waals surface area contributed by atoms with Crippen LogP contribution in [-0.2, 0) is 4.74 Å². The maximum atomic E-state index is 8.06. The van der Waals surface area contributed by atoms with Crippen molar-refractivity contribution in [3.63, 3.8) is 0 Å². The Morgan fingerprint density at radius 1 is 1.46 bits per heavy atom. The number of nitrogens with zero attached hydrogens (tertiary/aromatic N) is 2. The zero-order valence-corrected chi connectivity index (χ0v) is 18.7. The molecule has 0 bridgehead atoms. The lowest BCUT2D eigenvalue weighted by molar-refractivity contribution is 0.144. The van der Waals surface area contributed by atoms with Gasteiger partial charge in [-0.05, 0) is 59.0 Å². The van der Waals surface area contributed by atoms with Gasteiger partial charge in [0, 0.05) is 10.7 Å². The number of halogens is 2. The third-order valence-electron chi connectivity index (χ3n) is 2.89. The van der Waals surface area contributed by atoms with Crippen LogP contribution in [0.5, 0.6) is 0 Å². The highest BCUT2D eigenvalue weighted by Crippen LogP contribution is 2.54. The second-order valence-corrected chi connectivity index (χ2v) is 17.8. The van der Waals surface area contributed by atoms with Crippen molar-refractivity contribution in [1.82, 2.24) is 10.3 Å². The zero-order chi connectivity index (χ0) is 18.4. The van der Waals surface area contributed by atoms with Gasteiger partial charge in [0.25, 0.3) is 0 Å². The molecule has 0 aromatic carbocycles. The molecule has 0 amide bonds. The lowest BCUT2D eigenvalue weighted by Crippen LogP contribution is -2.27. The predicted octanol–water partition coefficient (Wildman–Crippen LogP) is 3.70. The van der Waals surface area contributed by atoms with Crippen LogP contribution < -0.4 is 5.32 Å². The van der Waals surface area contributed by atoms with E-state index in [1.165, 1.54) is 11.8 Å². The molecule has 1 heterocycles. The van der Waals surface area contributed by atoms with E-state index in [1.807, 2.05) is 6.26 Å². The fourth-order valence-corrected chi connectivity index (χ4v) is 3.48. The van der Waals surface area contributed by atoms with Crippen molar-refractivity contribution in [2.24, 2.45) is 4.99 Å². The highest BCUT2D eigenvalue weighted by Gasteiger charge is 2.17. The first kappa shape index (κ1) is 21.8. The van der Waals surface area contributed by atoms with Crippen LogP contribution in [0.3, 0.4) is 0 Å². The van der Waals surface area contributed by atoms with Gasteiger partial charge in [-0.2, -0.15) is 0 Å². The Morgan fingerprint density at radius 3 is 2.67 bits per heavy atom. The molecule has 0 spiro atoms. The second-order valence-electron chi connectivity index (χ2n) is 7.35. The summed E-state index contributed by atoms with van der Waals surface area (Å²) in [5.41, 5.74) is 0.348. The number of thiol groups is 1. The van der Waals surface area contributed by atoms with Gasteiger partial charge in [-0.1, -0.05) is 23.4 Å². The van der Waals surface area contributed by atoms with Gasteiger partial charge in [0.05, 0.1) is 11.6 Å². The SMILES string of the molecule is CS/C(=N/C(=N)c1ncc(Br)cc1Cl)NCOCC[SH](C)(C)(C)C. The lowest BCUT2D eigenvalue weighted by Gasteiger charge is -2.46. The summed E-state index contributed by atoms with van der Waals surface area (Å²) in [6.45, 7) is 1.07. The summed E-state index contributed by atoms with van der Waals surface area (Å²) in [7, 11) is -1.53. The maximum absolute atomic E-state index is 8.06. The van der Waals surface area contributed by atoms with Crippen LogP contribution in [0, 0.1) is 5.41 Å². The largest absolute Gasteiger partial charge is 0.361 e. The number of aromatic nitrogens is 1. The van der Waals surface area contributed by atoms with Gasteiger partial charge < -0.3 is 10.1 Å². The first-order valence-electron chi connectivity index (χ1n) is 7.32. The molecule has 24 heavy (non-hydrogen) atoms. The van der Waals surface area contributed by atoms with Crippen LogP contribution in [0.4, 0.5) is 0 Å². The van der Waals surface area contributed by atoms with Crippen molar-refractivity contribution in [2.75, 3.05) is 50.4 Å². The Hall–Kier alpha value is -0.280. The standard InChI is InChI=1S/C15H26BrClN4OS2/c1-23-15(20-10-22-6-7-24(2,3,4)5)21-14(18)13-12(17)8-11(16)9-19-13/h8-9,24H,6-7,10H2,1-5H3,(H2,18,20,21). The quantitative estimate of drug-likeness (QED) is 0.200. The Morgan fingerprint density at radius 2 is 2.12 bits per heavy atom. The van der Waals surface area contributed by atoms with Gasteiger partial charge in [-0.3, -0.25) is 19.6 Å². The van der Waals surface area contributed by atoms with Gasteiger partial charge in [0.15, 0.2) is 11.0 Å². The van der Waals surface area contributed by atoms with E-state index in [-0.39, 0.29) is 5.84 Å². The Kier molecular flexibility index (Phi) is 8.06. The molecular formula is C15H26BrClN4OS2. The van der Waals surface area contributed by atoms with Crippen molar-refractivity contribution in [2.45, 2.75) is 0 Å². The first-order chi connectivity index (χ1) is 11.0. The van der Waals surface area contributed by atoms with E-state index in [1.54, 1.807) is 12.3 Å². The summed E-state index contributed by atoms with van der Waals surface area (Å²) in [6.07, 6.45) is 12.8. The number of aliphatic imine (C=N–C) groups is 1. The van der Waals surface area contributed by atoms with Crippen LogP contribution in [0.15, 0.2) is 21.7 Å². The fraction of sp³-hybridized carbons (Fsp3) is 0.533. The minimum absolute atomic E-state index is 0.0125. The lowest BCUT2D eigenvalue weighted by atomic mass is 10.3. The van der Waals surface area contributed by atoms with Gasteiger partial charge in [-0.15, -0.1) is 0 Å². The summed E-state index contributed by atoms with van der Waals surface area (Å²) < 4.78 is 6.41. The molecular weight excluding hydrogens is 432 g/mol. The monoisotopic (exact) mass is 456 g/mol. The number of nitrogens with one attached hydrogen (secondary N) is 2. The molecule has 0 saturated heterocycles. The van der Waals surface area contributed by atoms with E-state index < -0.39 is 9.16 Å². The third-order valence-corrected chi connectivity index (χ3v) is 6.21. The topological polar surface area (TPSA) is 70.4 Å². The highest BCUT2D eigenvalue weighted by molar-refractivity contribution is 9.10. The van der Waals surface area contributed by atoms with Crippen molar-refractivity contribution in [3.8, 4) is 0 Å². The summed E-state index contributed by atoms with van der Waals surface area (Å²) in [4.78, 5) is 8.37. The molecule has 0 aliphatic heterocycles. The predicted molar refractivity (Wildman–Crippen MR) is 116 cm³/mol. The summed E-state index contributed by atoms with van der Waals surface area (Å²) in [5, 5.41) is 12.1. The van der Waals surface area contributed by atoms with Crippen LogP contribution in [0.1, 0.15) is 5.69 Å². The fourth-order valence-electron chi connectivity index (χ4n) is 1.52. The number of hydrogen-bond acceptors (Lipinski definition) is 4. The Balaban J connectivity index is 2.56. The number of pyridine rings is 1. The maximum Gasteiger partial charge on any atom is 0.174 e. The van der Waals surface area contributed by atoms with E-state index >= 15 is 0 Å². The van der Waals surface area contributed by atoms with E-state index in [0.717, 1.165) is 10.2 Å². The molecule has 0 unspecified atom stereocenters. The number of amidine groups is 2. The number of rotatable bonds is 6. The number of hydrogen-bond donors (Lipinski definition) is 3. The van der Waals surface area contributed by atoms with E-state index in [2.05, 4.69) is 56.2 Å². The highest BCUT2D eigenvalue weighted by atomic mass is 79.9. The van der Waals surface area contributed by atoms with Crippen LogP contribution in [-0.4, -0.2) is 66.4 Å². The van der Waals surface area contributed by atoms with Crippen LogP contribution in [0.25, 0.3) is 0 Å². The van der Waals surface area contributed by atoms with Gasteiger partial charge in [0.2, 0.25) is 0 Å². The van der Waals surface area contributed by atoms with Crippen LogP contribution in [0.2, 0.25) is 5.02 Å². The average molecular weight is 458 g/mol. The molecule has 2 N–H and O–H groups in total. The number of thioether (sulfide) groups is 1. The minimum Gasteiger partial charge on any atom is -0.361 e. The molecule has 9 heteroatoms. The summed E-state index contributed by atoms with van der Waals surface area (Å²) >= 11 is 10.8. The molecule has 1 aromatic heterocycles. The smallest absolute Gasteiger partial charge is 0.174 e. The molecule has 0 saturated carbocycles. The van der Waals surface area contributed by atoms with E-state index in [9.17, 15) is 0 Å². The first-order valence-corrected chi connectivity index (χ1v) is 13.9. The van der Waals surface area contributed by atoms with E-state index in [4.69, 9.17) is 21.7 Å². The second kappa shape index (κ2) is 8.89. The molecule has 0 radical (unpaired) electrons. The zero-order valence-electron chi connectivity index (χ0n) is 14.7. The molecule has 138 valence electrons. The van der Waals surface area contributed by atoms with Crippen LogP contribution >= 0.6 is 48.5 Å².